The number of rotatable bonds is 8. The molecule has 96 valence electrons. The molecule has 1 saturated heterocycles. The molecule has 16 heavy (non-hydrogen) atoms. The molecule has 0 aromatic heterocycles. The van der Waals surface area contributed by atoms with E-state index in [-0.39, 0.29) is 0 Å². The maximum absolute atomic E-state index is 5.54. The van der Waals surface area contributed by atoms with Gasteiger partial charge in [0.15, 0.2) is 0 Å². The molecule has 1 heterocycles. The smallest absolute Gasteiger partial charge is 0.0593 e. The van der Waals surface area contributed by atoms with Crippen LogP contribution >= 0.6 is 0 Å². The van der Waals surface area contributed by atoms with Gasteiger partial charge in [-0.3, -0.25) is 4.90 Å². The lowest BCUT2D eigenvalue weighted by Crippen LogP contribution is -2.46. The van der Waals surface area contributed by atoms with Gasteiger partial charge in [0.25, 0.3) is 0 Å². The van der Waals surface area contributed by atoms with Crippen molar-refractivity contribution in [1.29, 1.82) is 0 Å². The summed E-state index contributed by atoms with van der Waals surface area (Å²) >= 11 is 0. The molecule has 0 radical (unpaired) electrons. The third-order valence-corrected chi connectivity index (χ3v) is 3.09. The lowest BCUT2D eigenvalue weighted by molar-refractivity contribution is 0.0901. The van der Waals surface area contributed by atoms with Crippen LogP contribution in [-0.4, -0.2) is 50.3 Å². The van der Waals surface area contributed by atoms with E-state index in [1.54, 1.807) is 0 Å². The highest BCUT2D eigenvalue weighted by molar-refractivity contribution is 4.77. The van der Waals surface area contributed by atoms with Gasteiger partial charge in [-0.05, 0) is 38.8 Å². The van der Waals surface area contributed by atoms with E-state index < -0.39 is 0 Å². The predicted molar refractivity (Wildman–Crippen MR) is 68.9 cm³/mol. The van der Waals surface area contributed by atoms with Crippen molar-refractivity contribution in [2.24, 2.45) is 0 Å². The minimum absolute atomic E-state index is 0.708. The molecule has 0 spiro atoms. The molecule has 0 aliphatic carbocycles. The van der Waals surface area contributed by atoms with E-state index in [0.717, 1.165) is 32.7 Å². The zero-order valence-corrected chi connectivity index (χ0v) is 11.0. The fourth-order valence-electron chi connectivity index (χ4n) is 2.21. The Morgan fingerprint density at radius 1 is 1.25 bits per heavy atom. The Labute approximate surface area is 101 Å². The van der Waals surface area contributed by atoms with Crippen molar-refractivity contribution in [3.05, 3.63) is 0 Å². The SMILES string of the molecule is CCCNC1CCCN(CCOCCC)C1. The Bertz CT molecular complexity index is 164. The summed E-state index contributed by atoms with van der Waals surface area (Å²) in [5.41, 5.74) is 0. The molecule has 1 atom stereocenters. The van der Waals surface area contributed by atoms with Gasteiger partial charge in [0.1, 0.15) is 0 Å². The minimum atomic E-state index is 0.708. The fourth-order valence-corrected chi connectivity index (χ4v) is 2.21. The third-order valence-electron chi connectivity index (χ3n) is 3.09. The average molecular weight is 228 g/mol. The highest BCUT2D eigenvalue weighted by Crippen LogP contribution is 2.09. The molecule has 0 amide bonds. The Hall–Kier alpha value is -0.120. The summed E-state index contributed by atoms with van der Waals surface area (Å²) in [5, 5.41) is 3.62. The van der Waals surface area contributed by atoms with Crippen LogP contribution in [0.2, 0.25) is 0 Å². The van der Waals surface area contributed by atoms with Crippen molar-refractivity contribution in [3.8, 4) is 0 Å². The summed E-state index contributed by atoms with van der Waals surface area (Å²) in [6, 6.07) is 0.708. The molecule has 1 aliphatic rings. The summed E-state index contributed by atoms with van der Waals surface area (Å²) in [7, 11) is 0. The summed E-state index contributed by atoms with van der Waals surface area (Å²) < 4.78 is 5.54. The molecule has 1 unspecified atom stereocenters. The lowest BCUT2D eigenvalue weighted by atomic mass is 10.1. The van der Waals surface area contributed by atoms with Crippen LogP contribution in [0.1, 0.15) is 39.5 Å². The summed E-state index contributed by atoms with van der Waals surface area (Å²) in [6.07, 6.45) is 5.03. The molecule has 1 rings (SSSR count). The second-order valence-corrected chi connectivity index (χ2v) is 4.71. The van der Waals surface area contributed by atoms with Crippen LogP contribution in [0.3, 0.4) is 0 Å². The molecule has 3 nitrogen and oxygen atoms in total. The Kier molecular flexibility index (Phi) is 7.81. The molecular weight excluding hydrogens is 200 g/mol. The topological polar surface area (TPSA) is 24.5 Å². The summed E-state index contributed by atoms with van der Waals surface area (Å²) in [4.78, 5) is 2.53. The van der Waals surface area contributed by atoms with Gasteiger partial charge in [0, 0.05) is 25.7 Å². The standard InChI is InChI=1S/C13H28N2O/c1-3-7-14-13-6-5-8-15(12-13)9-11-16-10-4-2/h13-14H,3-12H2,1-2H3. The van der Waals surface area contributed by atoms with Crippen molar-refractivity contribution in [1.82, 2.24) is 10.2 Å². The van der Waals surface area contributed by atoms with Gasteiger partial charge in [-0.1, -0.05) is 13.8 Å². The number of piperidine rings is 1. The van der Waals surface area contributed by atoms with Crippen LogP contribution in [0.25, 0.3) is 0 Å². The van der Waals surface area contributed by atoms with Crippen LogP contribution in [0.5, 0.6) is 0 Å². The molecule has 1 fully saturated rings. The first kappa shape index (κ1) is 13.9. The van der Waals surface area contributed by atoms with E-state index in [1.807, 2.05) is 0 Å². The average Bonchev–Trinajstić information content (AvgIpc) is 2.33. The van der Waals surface area contributed by atoms with Crippen LogP contribution < -0.4 is 5.32 Å². The van der Waals surface area contributed by atoms with Gasteiger partial charge < -0.3 is 10.1 Å². The Morgan fingerprint density at radius 3 is 2.88 bits per heavy atom. The van der Waals surface area contributed by atoms with E-state index in [2.05, 4.69) is 24.1 Å². The van der Waals surface area contributed by atoms with Crippen molar-refractivity contribution < 1.29 is 4.74 Å². The van der Waals surface area contributed by atoms with E-state index in [9.17, 15) is 0 Å². The second kappa shape index (κ2) is 8.97. The monoisotopic (exact) mass is 228 g/mol. The maximum Gasteiger partial charge on any atom is 0.0593 e. The van der Waals surface area contributed by atoms with Gasteiger partial charge in [0.05, 0.1) is 6.61 Å². The van der Waals surface area contributed by atoms with Crippen molar-refractivity contribution in [2.45, 2.75) is 45.6 Å². The van der Waals surface area contributed by atoms with E-state index in [1.165, 1.54) is 32.4 Å². The van der Waals surface area contributed by atoms with Gasteiger partial charge in [-0.2, -0.15) is 0 Å². The maximum atomic E-state index is 5.54. The van der Waals surface area contributed by atoms with Crippen LogP contribution in [0.15, 0.2) is 0 Å². The lowest BCUT2D eigenvalue weighted by Gasteiger charge is -2.33. The number of nitrogens with one attached hydrogen (secondary N) is 1. The molecule has 1 aliphatic heterocycles. The van der Waals surface area contributed by atoms with Crippen LogP contribution in [0.4, 0.5) is 0 Å². The Balaban J connectivity index is 2.07. The largest absolute Gasteiger partial charge is 0.380 e. The zero-order valence-electron chi connectivity index (χ0n) is 11.0. The Morgan fingerprint density at radius 2 is 2.12 bits per heavy atom. The molecule has 0 aromatic rings. The van der Waals surface area contributed by atoms with E-state index >= 15 is 0 Å². The first-order chi connectivity index (χ1) is 7.86. The number of hydrogen-bond donors (Lipinski definition) is 1. The van der Waals surface area contributed by atoms with Crippen LogP contribution in [0, 0.1) is 0 Å². The van der Waals surface area contributed by atoms with E-state index in [0.29, 0.717) is 6.04 Å². The quantitative estimate of drug-likeness (QED) is 0.642. The van der Waals surface area contributed by atoms with Gasteiger partial charge >= 0.3 is 0 Å². The van der Waals surface area contributed by atoms with Gasteiger partial charge in [-0.15, -0.1) is 0 Å². The molecule has 0 aromatic carbocycles. The highest BCUT2D eigenvalue weighted by atomic mass is 16.5. The summed E-state index contributed by atoms with van der Waals surface area (Å²) in [6.45, 7) is 10.9. The zero-order chi connectivity index (χ0) is 11.6. The van der Waals surface area contributed by atoms with Gasteiger partial charge in [0.2, 0.25) is 0 Å². The fraction of sp³-hybridized carbons (Fsp3) is 1.00. The number of hydrogen-bond acceptors (Lipinski definition) is 3. The highest BCUT2D eigenvalue weighted by Gasteiger charge is 2.18. The molecule has 0 saturated carbocycles. The second-order valence-electron chi connectivity index (χ2n) is 4.71. The predicted octanol–water partition coefficient (Wildman–Crippen LogP) is 1.88. The van der Waals surface area contributed by atoms with Crippen molar-refractivity contribution in [2.75, 3.05) is 39.4 Å². The summed E-state index contributed by atoms with van der Waals surface area (Å²) in [5.74, 6) is 0. The number of nitrogens with zero attached hydrogens (tertiary/aromatic N) is 1. The number of ether oxygens (including phenoxy) is 1. The number of likely N-dealkylation sites (tertiary alicyclic amines) is 1. The van der Waals surface area contributed by atoms with E-state index in [4.69, 9.17) is 4.74 Å². The van der Waals surface area contributed by atoms with Crippen molar-refractivity contribution >= 4 is 0 Å². The third kappa shape index (κ3) is 5.83. The molecule has 1 N–H and O–H groups in total. The van der Waals surface area contributed by atoms with Crippen molar-refractivity contribution in [3.63, 3.8) is 0 Å². The minimum Gasteiger partial charge on any atom is -0.380 e. The molecule has 0 bridgehead atoms. The molecule has 3 heteroatoms. The first-order valence-corrected chi connectivity index (χ1v) is 6.90. The first-order valence-electron chi connectivity index (χ1n) is 6.90. The van der Waals surface area contributed by atoms with Crippen LogP contribution in [-0.2, 0) is 4.74 Å². The normalized spacial score (nSPS) is 22.5. The van der Waals surface area contributed by atoms with Gasteiger partial charge in [-0.25, -0.2) is 0 Å². The molecular formula is C13H28N2O.